The molecule has 3 aromatic carbocycles. The largest absolute Gasteiger partial charge is 0.418 e. The van der Waals surface area contributed by atoms with E-state index in [2.05, 4.69) is 5.32 Å². The minimum atomic E-state index is -4.57. The van der Waals surface area contributed by atoms with Crippen LogP contribution >= 0.6 is 11.6 Å². The fraction of sp³-hybridized carbons (Fsp3) is 0.207. The van der Waals surface area contributed by atoms with Crippen LogP contribution in [0.1, 0.15) is 34.1 Å². The summed E-state index contributed by atoms with van der Waals surface area (Å²) in [5.41, 5.74) is 1.52. The van der Waals surface area contributed by atoms with Crippen molar-refractivity contribution in [3.63, 3.8) is 0 Å². The Morgan fingerprint density at radius 2 is 1.57 bits per heavy atom. The smallest absolute Gasteiger partial charge is 0.344 e. The molecule has 37 heavy (non-hydrogen) atoms. The molecule has 1 N–H and O–H groups in total. The van der Waals surface area contributed by atoms with Crippen LogP contribution in [0.4, 0.5) is 13.2 Å². The molecule has 0 spiro atoms. The van der Waals surface area contributed by atoms with Crippen molar-refractivity contribution in [2.75, 3.05) is 20.6 Å². The van der Waals surface area contributed by atoms with Crippen molar-refractivity contribution in [3.05, 3.63) is 113 Å². The lowest BCUT2D eigenvalue weighted by atomic mass is 10.1. The first-order valence-electron chi connectivity index (χ1n) is 11.8. The standard InChI is InChI=1S/C29H27ClF3N3O/c1-35(2)19-18-24(34-28(37)21-8-4-3-5-9-21)27-17-16-25(20-12-14-22(30)15-13-20)36(27)26-11-7-6-10-23(26)29(31,32)33/h3-17,24H,18-19H2,1-2H3,(H,34,37). The second kappa shape index (κ2) is 11.2. The van der Waals surface area contributed by atoms with Gasteiger partial charge in [0.25, 0.3) is 5.91 Å². The van der Waals surface area contributed by atoms with E-state index in [1.54, 1.807) is 71.3 Å². The summed E-state index contributed by atoms with van der Waals surface area (Å²) in [4.78, 5) is 15.1. The maximum absolute atomic E-state index is 14.1. The van der Waals surface area contributed by atoms with Gasteiger partial charge in [-0.1, -0.05) is 54.1 Å². The second-order valence-electron chi connectivity index (χ2n) is 8.98. The molecule has 0 aliphatic rings. The number of rotatable bonds is 8. The van der Waals surface area contributed by atoms with Crippen LogP contribution < -0.4 is 5.32 Å². The minimum absolute atomic E-state index is 0.0104. The second-order valence-corrected chi connectivity index (χ2v) is 9.42. The lowest BCUT2D eigenvalue weighted by molar-refractivity contribution is -0.137. The average Bonchev–Trinajstić information content (AvgIpc) is 3.31. The Hall–Kier alpha value is -3.55. The van der Waals surface area contributed by atoms with Gasteiger partial charge in [0.1, 0.15) is 0 Å². The van der Waals surface area contributed by atoms with Gasteiger partial charge in [-0.15, -0.1) is 0 Å². The first-order chi connectivity index (χ1) is 17.6. The van der Waals surface area contributed by atoms with Crippen LogP contribution in [0.2, 0.25) is 5.02 Å². The highest BCUT2D eigenvalue weighted by Crippen LogP contribution is 2.38. The molecule has 0 radical (unpaired) electrons. The van der Waals surface area contributed by atoms with E-state index >= 15 is 0 Å². The van der Waals surface area contributed by atoms with Gasteiger partial charge in [0, 0.05) is 16.3 Å². The van der Waals surface area contributed by atoms with Crippen LogP contribution in [-0.4, -0.2) is 36.0 Å². The molecule has 4 nitrogen and oxygen atoms in total. The van der Waals surface area contributed by atoms with E-state index < -0.39 is 17.8 Å². The van der Waals surface area contributed by atoms with Gasteiger partial charge < -0.3 is 14.8 Å². The summed E-state index contributed by atoms with van der Waals surface area (Å²) in [5.74, 6) is -0.297. The van der Waals surface area contributed by atoms with Crippen molar-refractivity contribution < 1.29 is 18.0 Å². The van der Waals surface area contributed by atoms with Crippen molar-refractivity contribution in [2.24, 2.45) is 0 Å². The number of nitrogens with zero attached hydrogens (tertiary/aromatic N) is 2. The predicted molar refractivity (Wildman–Crippen MR) is 141 cm³/mol. The van der Waals surface area contributed by atoms with Gasteiger partial charge in [0.15, 0.2) is 0 Å². The van der Waals surface area contributed by atoms with Crippen LogP contribution in [0.3, 0.4) is 0 Å². The van der Waals surface area contributed by atoms with Gasteiger partial charge in [-0.25, -0.2) is 0 Å². The third-order valence-corrected chi connectivity index (χ3v) is 6.32. The topological polar surface area (TPSA) is 37.3 Å². The maximum Gasteiger partial charge on any atom is 0.418 e. The number of amides is 1. The van der Waals surface area contributed by atoms with E-state index in [1.807, 2.05) is 25.1 Å². The SMILES string of the molecule is CN(C)CCC(NC(=O)c1ccccc1)c1ccc(-c2ccc(Cl)cc2)n1-c1ccccc1C(F)(F)F. The van der Waals surface area contributed by atoms with Gasteiger partial charge in [-0.3, -0.25) is 4.79 Å². The molecule has 0 aliphatic heterocycles. The molecule has 0 bridgehead atoms. The molecule has 1 aromatic heterocycles. The monoisotopic (exact) mass is 525 g/mol. The van der Waals surface area contributed by atoms with Crippen molar-refractivity contribution in [1.29, 1.82) is 0 Å². The van der Waals surface area contributed by atoms with Crippen LogP contribution in [-0.2, 0) is 6.18 Å². The summed E-state index contributed by atoms with van der Waals surface area (Å²) in [5, 5.41) is 3.58. The molecule has 1 atom stereocenters. The Morgan fingerprint density at radius 3 is 2.22 bits per heavy atom. The number of benzene rings is 3. The number of carbonyl (C=O) groups is 1. The molecule has 8 heteroatoms. The number of carbonyl (C=O) groups excluding carboxylic acids is 1. The minimum Gasteiger partial charge on any atom is -0.344 e. The summed E-state index contributed by atoms with van der Waals surface area (Å²) in [6.07, 6.45) is -4.08. The van der Waals surface area contributed by atoms with E-state index in [1.165, 1.54) is 12.1 Å². The van der Waals surface area contributed by atoms with Crippen molar-refractivity contribution in [3.8, 4) is 16.9 Å². The Labute approximate surface area is 219 Å². The highest BCUT2D eigenvalue weighted by molar-refractivity contribution is 6.30. The molecular weight excluding hydrogens is 499 g/mol. The fourth-order valence-electron chi connectivity index (χ4n) is 4.26. The van der Waals surface area contributed by atoms with E-state index in [4.69, 9.17) is 11.6 Å². The van der Waals surface area contributed by atoms with E-state index in [0.717, 1.165) is 6.07 Å². The summed E-state index contributed by atoms with van der Waals surface area (Å²) in [6, 6.07) is 24.2. The number of nitrogens with one attached hydrogen (secondary N) is 1. The van der Waals surface area contributed by atoms with Gasteiger partial charge >= 0.3 is 6.18 Å². The van der Waals surface area contributed by atoms with Gasteiger partial charge in [-0.05, 0) is 81.2 Å². The molecule has 0 saturated heterocycles. The Kier molecular flexibility index (Phi) is 8.05. The first-order valence-corrected chi connectivity index (χ1v) is 12.2. The molecule has 0 fully saturated rings. The Balaban J connectivity index is 1.89. The Morgan fingerprint density at radius 1 is 0.919 bits per heavy atom. The van der Waals surface area contributed by atoms with Gasteiger partial charge in [0.05, 0.1) is 23.0 Å². The number of hydrogen-bond donors (Lipinski definition) is 1. The fourth-order valence-corrected chi connectivity index (χ4v) is 4.39. The number of aromatic nitrogens is 1. The number of alkyl halides is 3. The third kappa shape index (κ3) is 6.24. The summed E-state index contributed by atoms with van der Waals surface area (Å²) in [6.45, 7) is 0.613. The molecule has 4 rings (SSSR count). The van der Waals surface area contributed by atoms with Crippen molar-refractivity contribution in [2.45, 2.75) is 18.6 Å². The molecule has 0 saturated carbocycles. The summed E-state index contributed by atoms with van der Waals surface area (Å²) >= 11 is 6.08. The number of hydrogen-bond acceptors (Lipinski definition) is 2. The predicted octanol–water partition coefficient (Wildman–Crippen LogP) is 7.24. The first kappa shape index (κ1) is 26.5. The van der Waals surface area contributed by atoms with Crippen LogP contribution in [0.25, 0.3) is 16.9 Å². The molecule has 1 heterocycles. The zero-order chi connectivity index (χ0) is 26.6. The lowest BCUT2D eigenvalue weighted by Gasteiger charge is -2.25. The molecule has 4 aromatic rings. The highest BCUT2D eigenvalue weighted by Gasteiger charge is 2.35. The lowest BCUT2D eigenvalue weighted by Crippen LogP contribution is -2.32. The molecule has 192 valence electrons. The zero-order valence-electron chi connectivity index (χ0n) is 20.5. The number of para-hydroxylation sites is 1. The maximum atomic E-state index is 14.1. The third-order valence-electron chi connectivity index (χ3n) is 6.06. The number of halogens is 4. The van der Waals surface area contributed by atoms with Crippen LogP contribution in [0.15, 0.2) is 91.0 Å². The van der Waals surface area contributed by atoms with Crippen molar-refractivity contribution in [1.82, 2.24) is 14.8 Å². The van der Waals surface area contributed by atoms with Crippen LogP contribution in [0.5, 0.6) is 0 Å². The molecule has 1 amide bonds. The van der Waals surface area contributed by atoms with Crippen molar-refractivity contribution >= 4 is 17.5 Å². The molecule has 1 unspecified atom stereocenters. The Bertz CT molecular complexity index is 1350. The van der Waals surface area contributed by atoms with E-state index in [-0.39, 0.29) is 11.6 Å². The van der Waals surface area contributed by atoms with Crippen LogP contribution in [0, 0.1) is 0 Å². The summed E-state index contributed by atoms with van der Waals surface area (Å²) in [7, 11) is 3.82. The normalized spacial score (nSPS) is 12.5. The zero-order valence-corrected chi connectivity index (χ0v) is 21.2. The average molecular weight is 526 g/mol. The highest BCUT2D eigenvalue weighted by atomic mass is 35.5. The molecule has 0 aliphatic carbocycles. The van der Waals surface area contributed by atoms with E-state index in [9.17, 15) is 18.0 Å². The van der Waals surface area contributed by atoms with E-state index in [0.29, 0.717) is 40.5 Å². The summed E-state index contributed by atoms with van der Waals surface area (Å²) < 4.78 is 44.0. The quantitative estimate of drug-likeness (QED) is 0.263. The molecular formula is C29H27ClF3N3O. The van der Waals surface area contributed by atoms with Gasteiger partial charge in [-0.2, -0.15) is 13.2 Å². The van der Waals surface area contributed by atoms with Gasteiger partial charge in [0.2, 0.25) is 0 Å².